The molecule has 3 rings (SSSR count). The lowest BCUT2D eigenvalue weighted by atomic mass is 9.56. The normalized spacial score (nSPS) is 25.6. The van der Waals surface area contributed by atoms with E-state index in [0.29, 0.717) is 11.4 Å². The molecule has 4 atom stereocenters. The molecular formula is C21H28BCl2N3O7. The average molecular weight is 516 g/mol. The second kappa shape index (κ2) is 9.73. The molecule has 2 saturated heterocycles. The van der Waals surface area contributed by atoms with E-state index < -0.39 is 48.5 Å². The molecule has 186 valence electrons. The molecule has 0 radical (unpaired) electrons. The van der Waals surface area contributed by atoms with Crippen molar-refractivity contribution in [1.82, 2.24) is 10.6 Å². The quantitative estimate of drug-likeness (QED) is 0.395. The molecule has 2 aliphatic heterocycles. The Labute approximate surface area is 207 Å². The Balaban J connectivity index is 1.79. The van der Waals surface area contributed by atoms with E-state index in [4.69, 9.17) is 37.2 Å². The van der Waals surface area contributed by atoms with Gasteiger partial charge in [-0.1, -0.05) is 43.5 Å². The third-order valence-corrected chi connectivity index (χ3v) is 6.96. The highest BCUT2D eigenvalue weighted by molar-refractivity contribution is 6.66. The van der Waals surface area contributed by atoms with Gasteiger partial charge in [0.15, 0.2) is 12.1 Å². The highest BCUT2D eigenvalue weighted by Gasteiger charge is 2.74. The van der Waals surface area contributed by atoms with Gasteiger partial charge in [0.2, 0.25) is 5.91 Å². The van der Waals surface area contributed by atoms with Gasteiger partial charge >= 0.3 is 12.7 Å². The van der Waals surface area contributed by atoms with Crippen LogP contribution in [0, 0.1) is 5.92 Å². The van der Waals surface area contributed by atoms with Gasteiger partial charge in [-0.2, -0.15) is 0 Å². The summed E-state index contributed by atoms with van der Waals surface area (Å²) in [6, 6.07) is 3.50. The fraction of sp³-hybridized carbons (Fsp3) is 0.524. The van der Waals surface area contributed by atoms with Crippen LogP contribution in [0.4, 0.5) is 0 Å². The van der Waals surface area contributed by atoms with Gasteiger partial charge in [-0.05, 0) is 24.1 Å². The predicted octanol–water partition coefficient (Wildman–Crippen LogP) is 1.31. The van der Waals surface area contributed by atoms with Crippen molar-refractivity contribution < 1.29 is 37.6 Å². The van der Waals surface area contributed by atoms with Gasteiger partial charge in [-0.15, -0.1) is 0 Å². The summed E-state index contributed by atoms with van der Waals surface area (Å²) >= 11 is 12.0. The zero-order valence-electron chi connectivity index (χ0n) is 19.6. The molecular weight excluding hydrogens is 488 g/mol. The Morgan fingerprint density at radius 3 is 2.53 bits per heavy atom. The minimum Gasteiger partial charge on any atom is -0.612 e. The molecule has 1 unspecified atom stereocenters. The maximum absolute atomic E-state index is 12.8. The number of methoxy groups -OCH3 is 1. The van der Waals surface area contributed by atoms with E-state index in [9.17, 15) is 19.2 Å². The number of likely N-dealkylation sites (N-methyl/N-ethyl adjacent to an activating group) is 1. The summed E-state index contributed by atoms with van der Waals surface area (Å²) in [5, 5.41) is 5.87. The maximum Gasteiger partial charge on any atom is 0.550 e. The molecule has 2 heterocycles. The maximum atomic E-state index is 12.8. The van der Waals surface area contributed by atoms with Crippen molar-refractivity contribution in [3.8, 4) is 0 Å². The van der Waals surface area contributed by atoms with Crippen LogP contribution < -0.4 is 10.6 Å². The topological polar surface area (TPSA) is 120 Å². The van der Waals surface area contributed by atoms with Crippen LogP contribution in [0.5, 0.6) is 0 Å². The second-order valence-electron chi connectivity index (χ2n) is 9.43. The molecule has 2 N–H and O–H groups in total. The first kappa shape index (κ1) is 26.3. The standard InChI is InChI=1S/C21H28BCl2N3O7/c1-11(2)8-15(22-27(3,4)17(20(30)32-5)18(33-22)21(31)34-22)26-16(28)10-25-19(29)13-9-12(23)6-7-14(13)24/h6-7,9,11,15,17-18H,8,10H2,1-5H3,(H,25,29)(H,26,28)/t15-,17+,18+,22?/m0/s1. The highest BCUT2D eigenvalue weighted by Crippen LogP contribution is 2.44. The van der Waals surface area contributed by atoms with Crippen molar-refractivity contribution in [2.24, 2.45) is 5.92 Å². The number of hydrogen-bond acceptors (Lipinski definition) is 7. The van der Waals surface area contributed by atoms with Crippen LogP contribution in [0.1, 0.15) is 30.6 Å². The Morgan fingerprint density at radius 2 is 1.91 bits per heavy atom. The molecule has 2 fully saturated rings. The number of esters is 1. The molecule has 2 bridgehead atoms. The summed E-state index contributed by atoms with van der Waals surface area (Å²) in [6.07, 6.45) is -0.728. The third kappa shape index (κ3) is 4.62. The molecule has 0 aliphatic carbocycles. The first-order valence-electron chi connectivity index (χ1n) is 10.8. The number of carbonyl (C=O) groups is 4. The van der Waals surface area contributed by atoms with E-state index in [2.05, 4.69) is 10.6 Å². The van der Waals surface area contributed by atoms with Crippen LogP contribution in [-0.4, -0.2) is 80.7 Å². The molecule has 0 aromatic heterocycles. The van der Waals surface area contributed by atoms with Crippen LogP contribution in [0.15, 0.2) is 18.2 Å². The lowest BCUT2D eigenvalue weighted by molar-refractivity contribution is -0.815. The molecule has 1 aromatic rings. The Morgan fingerprint density at radius 1 is 1.24 bits per heavy atom. The summed E-state index contributed by atoms with van der Waals surface area (Å²) in [5.74, 6) is -3.04. The monoisotopic (exact) mass is 515 g/mol. The molecule has 0 spiro atoms. The number of fused-ring (bicyclic) bond motifs is 2. The number of quaternary nitrogens is 1. The van der Waals surface area contributed by atoms with Gasteiger partial charge in [0, 0.05) is 25.1 Å². The fourth-order valence-electron chi connectivity index (χ4n) is 4.78. The zero-order valence-corrected chi connectivity index (χ0v) is 21.1. The Kier molecular flexibility index (Phi) is 7.52. The Hall–Kier alpha value is -2.34. The van der Waals surface area contributed by atoms with Crippen LogP contribution >= 0.6 is 23.2 Å². The smallest absolute Gasteiger partial charge is 0.550 e. The van der Waals surface area contributed by atoms with Crippen LogP contribution in [0.2, 0.25) is 10.0 Å². The zero-order chi connectivity index (χ0) is 25.4. The molecule has 13 heteroatoms. The van der Waals surface area contributed by atoms with Crippen LogP contribution in [0.3, 0.4) is 0 Å². The molecule has 2 aliphatic rings. The summed E-state index contributed by atoms with van der Waals surface area (Å²) in [6.45, 7) is 1.01. The molecule has 2 amide bonds. The lowest BCUT2D eigenvalue weighted by Crippen LogP contribution is -2.77. The van der Waals surface area contributed by atoms with Crippen LogP contribution in [-0.2, 0) is 28.4 Å². The molecule has 34 heavy (non-hydrogen) atoms. The summed E-state index contributed by atoms with van der Waals surface area (Å²) in [4.78, 5) is 50.3. The number of benzene rings is 1. The average Bonchev–Trinajstić information content (AvgIpc) is 3.22. The molecule has 10 nitrogen and oxygen atoms in total. The van der Waals surface area contributed by atoms with Gasteiger partial charge in [0.25, 0.3) is 11.9 Å². The van der Waals surface area contributed by atoms with Crippen molar-refractivity contribution in [3.05, 3.63) is 33.8 Å². The lowest BCUT2D eigenvalue weighted by Gasteiger charge is -2.53. The van der Waals surface area contributed by atoms with Gasteiger partial charge in [0.05, 0.1) is 24.2 Å². The Bertz CT molecular complexity index is 1020. The summed E-state index contributed by atoms with van der Waals surface area (Å²) in [5.41, 5.74) is 0.133. The number of halogens is 2. The number of nitrogens with zero attached hydrogens (tertiary/aromatic N) is 1. The van der Waals surface area contributed by atoms with Crippen molar-refractivity contribution in [2.75, 3.05) is 27.7 Å². The van der Waals surface area contributed by atoms with E-state index in [1.807, 2.05) is 13.8 Å². The number of carbonyl (C=O) groups excluding carboxylic acids is 4. The van der Waals surface area contributed by atoms with E-state index in [1.54, 1.807) is 20.2 Å². The number of rotatable bonds is 8. The van der Waals surface area contributed by atoms with Gasteiger partial charge in [-0.25, -0.2) is 4.79 Å². The van der Waals surface area contributed by atoms with E-state index >= 15 is 0 Å². The SMILES string of the molecule is COC(=O)[C@H]1[C@H]2O[B-]([C@H](CC(C)C)NC(=O)CNC(=O)c3cc(Cl)ccc3Cl)(OC2=O)[N+]1(C)C. The van der Waals surface area contributed by atoms with E-state index in [0.717, 1.165) is 0 Å². The summed E-state index contributed by atoms with van der Waals surface area (Å²) < 4.78 is 16.5. The van der Waals surface area contributed by atoms with Crippen LogP contribution in [0.25, 0.3) is 0 Å². The van der Waals surface area contributed by atoms with Crippen molar-refractivity contribution in [3.63, 3.8) is 0 Å². The minimum absolute atomic E-state index is 0.0833. The molecule has 1 aromatic carbocycles. The highest BCUT2D eigenvalue weighted by atomic mass is 35.5. The minimum atomic E-state index is -2.50. The first-order chi connectivity index (χ1) is 15.8. The number of nitrogens with one attached hydrogen (secondary N) is 2. The van der Waals surface area contributed by atoms with Gasteiger partial charge in [-0.3, -0.25) is 14.4 Å². The predicted molar refractivity (Wildman–Crippen MR) is 125 cm³/mol. The van der Waals surface area contributed by atoms with Gasteiger partial charge in [0.1, 0.15) is 0 Å². The van der Waals surface area contributed by atoms with Crippen molar-refractivity contribution >= 4 is 53.6 Å². The van der Waals surface area contributed by atoms with Crippen molar-refractivity contribution in [1.29, 1.82) is 0 Å². The summed E-state index contributed by atoms with van der Waals surface area (Å²) in [7, 11) is 4.65. The largest absolute Gasteiger partial charge is 0.612 e. The van der Waals surface area contributed by atoms with Crippen molar-refractivity contribution in [2.45, 2.75) is 38.4 Å². The first-order valence-corrected chi connectivity index (χ1v) is 11.6. The third-order valence-electron chi connectivity index (χ3n) is 6.40. The van der Waals surface area contributed by atoms with E-state index in [-0.39, 0.29) is 27.4 Å². The number of hydrogen-bond donors (Lipinski definition) is 2. The second-order valence-corrected chi connectivity index (χ2v) is 10.3. The number of ether oxygens (including phenoxy) is 1. The fourth-order valence-corrected chi connectivity index (χ4v) is 5.16. The van der Waals surface area contributed by atoms with Gasteiger partial charge < -0.3 is 29.1 Å². The van der Waals surface area contributed by atoms with E-state index in [1.165, 1.54) is 19.2 Å². The number of amides is 2. The molecule has 0 saturated carbocycles.